The third kappa shape index (κ3) is 3.55. The van der Waals surface area contributed by atoms with E-state index in [0.717, 1.165) is 20.3 Å². The number of ether oxygens (including phenoxy) is 2. The third-order valence-corrected chi connectivity index (χ3v) is 6.14. The number of nitrogens with one attached hydrogen (secondary N) is 1. The summed E-state index contributed by atoms with van der Waals surface area (Å²) in [6, 6.07) is 12.3. The van der Waals surface area contributed by atoms with Crippen molar-refractivity contribution in [3.05, 3.63) is 85.6 Å². The summed E-state index contributed by atoms with van der Waals surface area (Å²) >= 11 is 0. The molecule has 0 fully saturated rings. The Labute approximate surface area is 190 Å². The average molecular weight is 450 g/mol. The van der Waals surface area contributed by atoms with Gasteiger partial charge in [-0.1, -0.05) is 30.3 Å². The zero-order valence-electron chi connectivity index (χ0n) is 19.0. The van der Waals surface area contributed by atoms with Gasteiger partial charge >= 0.3 is 5.69 Å². The number of hydrogen-bond acceptors (Lipinski definition) is 6. The molecular weight excluding hydrogens is 424 g/mol. The van der Waals surface area contributed by atoms with Crippen LogP contribution in [0.5, 0.6) is 17.4 Å². The summed E-state index contributed by atoms with van der Waals surface area (Å²) in [5, 5.41) is 19.6. The number of benzene rings is 2. The standard InChI is InChI=1S/C24H26N4O5/c1-26-22(29)19(23(30)27(2)24(26)31)20-15-7-5-6-8-16(15)21(25)28(20)12-11-14-9-10-17(32-3)18(13-14)33-4/h5-10,13,20,25,29H,11-12H2,1-4H3. The molecule has 2 heterocycles. The summed E-state index contributed by atoms with van der Waals surface area (Å²) in [4.78, 5) is 27.2. The van der Waals surface area contributed by atoms with Gasteiger partial charge in [-0.25, -0.2) is 4.79 Å². The van der Waals surface area contributed by atoms with Crippen molar-refractivity contribution in [3.8, 4) is 17.4 Å². The molecule has 33 heavy (non-hydrogen) atoms. The molecule has 2 N–H and O–H groups in total. The van der Waals surface area contributed by atoms with Gasteiger partial charge < -0.3 is 19.5 Å². The van der Waals surface area contributed by atoms with Gasteiger partial charge in [0.15, 0.2) is 11.5 Å². The van der Waals surface area contributed by atoms with Crippen molar-refractivity contribution >= 4 is 5.84 Å². The van der Waals surface area contributed by atoms with Crippen molar-refractivity contribution in [1.82, 2.24) is 14.0 Å². The van der Waals surface area contributed by atoms with Crippen LogP contribution in [0.4, 0.5) is 0 Å². The van der Waals surface area contributed by atoms with Crippen molar-refractivity contribution in [2.45, 2.75) is 12.5 Å². The van der Waals surface area contributed by atoms with Crippen LogP contribution in [0.25, 0.3) is 0 Å². The normalized spacial score (nSPS) is 15.0. The van der Waals surface area contributed by atoms with E-state index in [4.69, 9.17) is 14.9 Å². The van der Waals surface area contributed by atoms with Gasteiger partial charge in [-0.3, -0.25) is 19.3 Å². The second-order valence-corrected chi connectivity index (χ2v) is 7.91. The number of methoxy groups -OCH3 is 2. The summed E-state index contributed by atoms with van der Waals surface area (Å²) in [5.41, 5.74) is 1.26. The van der Waals surface area contributed by atoms with Crippen molar-refractivity contribution in [3.63, 3.8) is 0 Å². The fraction of sp³-hybridized carbons (Fsp3) is 0.292. The summed E-state index contributed by atoms with van der Waals surface area (Å²) in [5.74, 6) is 1.09. The van der Waals surface area contributed by atoms with Gasteiger partial charge in [0.05, 0.1) is 20.3 Å². The van der Waals surface area contributed by atoms with Crippen molar-refractivity contribution in [1.29, 1.82) is 5.41 Å². The highest BCUT2D eigenvalue weighted by Gasteiger charge is 2.39. The van der Waals surface area contributed by atoms with E-state index in [0.29, 0.717) is 30.0 Å². The highest BCUT2D eigenvalue weighted by Crippen LogP contribution is 2.39. The molecule has 9 heteroatoms. The summed E-state index contributed by atoms with van der Waals surface area (Å²) in [6.07, 6.45) is 0.556. The molecule has 0 spiro atoms. The zero-order valence-corrected chi connectivity index (χ0v) is 19.0. The van der Waals surface area contributed by atoms with Crippen molar-refractivity contribution in [2.24, 2.45) is 14.1 Å². The van der Waals surface area contributed by atoms with E-state index in [-0.39, 0.29) is 11.4 Å². The Morgan fingerprint density at radius 1 is 1.00 bits per heavy atom. The van der Waals surface area contributed by atoms with Crippen LogP contribution >= 0.6 is 0 Å². The minimum absolute atomic E-state index is 0.0709. The molecule has 1 unspecified atom stereocenters. The maximum absolute atomic E-state index is 13.1. The molecule has 0 aliphatic carbocycles. The van der Waals surface area contributed by atoms with Crippen LogP contribution in [-0.2, 0) is 20.5 Å². The monoisotopic (exact) mass is 450 g/mol. The molecule has 0 radical (unpaired) electrons. The zero-order chi connectivity index (χ0) is 23.9. The number of fused-ring (bicyclic) bond motifs is 1. The van der Waals surface area contributed by atoms with Gasteiger partial charge in [0.2, 0.25) is 5.88 Å². The smallest absolute Gasteiger partial charge is 0.333 e. The highest BCUT2D eigenvalue weighted by molar-refractivity contribution is 6.01. The maximum atomic E-state index is 13.1. The number of amidine groups is 1. The van der Waals surface area contributed by atoms with E-state index in [9.17, 15) is 14.7 Å². The Balaban J connectivity index is 1.78. The maximum Gasteiger partial charge on any atom is 0.333 e. The third-order valence-electron chi connectivity index (χ3n) is 6.14. The van der Waals surface area contributed by atoms with Gasteiger partial charge in [0.25, 0.3) is 5.56 Å². The molecular formula is C24H26N4O5. The minimum Gasteiger partial charge on any atom is -0.494 e. The summed E-state index contributed by atoms with van der Waals surface area (Å²) in [6.45, 7) is 0.402. The Morgan fingerprint density at radius 3 is 2.39 bits per heavy atom. The van der Waals surface area contributed by atoms with Crippen LogP contribution in [0.15, 0.2) is 52.1 Å². The lowest BCUT2D eigenvalue weighted by molar-refractivity contribution is 0.339. The molecule has 1 atom stereocenters. The van der Waals surface area contributed by atoms with Crippen molar-refractivity contribution in [2.75, 3.05) is 20.8 Å². The van der Waals surface area contributed by atoms with E-state index in [1.165, 1.54) is 14.1 Å². The molecule has 1 aliphatic heterocycles. The predicted molar refractivity (Wildman–Crippen MR) is 124 cm³/mol. The largest absolute Gasteiger partial charge is 0.494 e. The first-order chi connectivity index (χ1) is 15.8. The van der Waals surface area contributed by atoms with E-state index in [1.807, 2.05) is 42.5 Å². The van der Waals surface area contributed by atoms with Crippen LogP contribution in [0.1, 0.15) is 28.3 Å². The Hall–Kier alpha value is -4.01. The molecule has 2 aromatic carbocycles. The average Bonchev–Trinajstić information content (AvgIpc) is 3.11. The first kappa shape index (κ1) is 22.2. The van der Waals surface area contributed by atoms with Gasteiger partial charge in [-0.2, -0.15) is 0 Å². The lowest BCUT2D eigenvalue weighted by atomic mass is 9.99. The van der Waals surface area contributed by atoms with Crippen LogP contribution in [0.2, 0.25) is 0 Å². The molecule has 0 saturated carbocycles. The lowest BCUT2D eigenvalue weighted by Crippen LogP contribution is -2.42. The van der Waals surface area contributed by atoms with Crippen LogP contribution in [0.3, 0.4) is 0 Å². The second-order valence-electron chi connectivity index (χ2n) is 7.91. The number of aromatic nitrogens is 2. The molecule has 172 valence electrons. The fourth-order valence-electron chi connectivity index (χ4n) is 4.34. The number of hydrogen-bond donors (Lipinski definition) is 2. The lowest BCUT2D eigenvalue weighted by Gasteiger charge is -2.28. The van der Waals surface area contributed by atoms with Gasteiger partial charge in [0, 0.05) is 26.2 Å². The SMILES string of the molecule is COc1ccc(CCN2C(=N)c3ccccc3C2c2c(O)n(C)c(=O)n(C)c2=O)cc1OC. The minimum atomic E-state index is -0.695. The molecule has 0 amide bonds. The second kappa shape index (κ2) is 8.50. The van der Waals surface area contributed by atoms with E-state index in [2.05, 4.69) is 0 Å². The molecule has 0 saturated heterocycles. The van der Waals surface area contributed by atoms with Gasteiger partial charge in [0.1, 0.15) is 11.4 Å². The molecule has 1 aliphatic rings. The van der Waals surface area contributed by atoms with Crippen LogP contribution in [0, 0.1) is 5.41 Å². The molecule has 0 bridgehead atoms. The number of rotatable bonds is 6. The Morgan fingerprint density at radius 2 is 1.70 bits per heavy atom. The Kier molecular flexibility index (Phi) is 5.71. The van der Waals surface area contributed by atoms with Crippen LogP contribution < -0.4 is 20.7 Å². The highest BCUT2D eigenvalue weighted by atomic mass is 16.5. The first-order valence-corrected chi connectivity index (χ1v) is 10.4. The molecule has 1 aromatic heterocycles. The quantitative estimate of drug-likeness (QED) is 0.593. The molecule has 9 nitrogen and oxygen atoms in total. The predicted octanol–water partition coefficient (Wildman–Crippen LogP) is 1.78. The van der Waals surface area contributed by atoms with Gasteiger partial charge in [-0.15, -0.1) is 0 Å². The Bertz CT molecular complexity index is 1360. The molecule has 3 aromatic rings. The van der Waals surface area contributed by atoms with Gasteiger partial charge in [-0.05, 0) is 29.7 Å². The summed E-state index contributed by atoms with van der Waals surface area (Å²) < 4.78 is 12.7. The fourth-order valence-corrected chi connectivity index (χ4v) is 4.34. The first-order valence-electron chi connectivity index (χ1n) is 10.4. The van der Waals surface area contributed by atoms with Crippen LogP contribution in [-0.4, -0.2) is 45.7 Å². The number of aromatic hydroxyl groups is 1. The van der Waals surface area contributed by atoms with Crippen molar-refractivity contribution < 1.29 is 14.6 Å². The molecule has 4 rings (SSSR count). The van der Waals surface area contributed by atoms with E-state index in [1.54, 1.807) is 19.1 Å². The topological polar surface area (TPSA) is 110 Å². The van der Waals surface area contributed by atoms with E-state index >= 15 is 0 Å². The number of nitrogens with zero attached hydrogens (tertiary/aromatic N) is 3. The summed E-state index contributed by atoms with van der Waals surface area (Å²) in [7, 11) is 5.95. The van der Waals surface area contributed by atoms with E-state index < -0.39 is 23.2 Å².